The number of hydrogen-bond acceptors (Lipinski definition) is 4. The highest BCUT2D eigenvalue weighted by Crippen LogP contribution is 2.20. The monoisotopic (exact) mass is 385 g/mol. The van der Waals surface area contributed by atoms with Crippen molar-refractivity contribution in [3.05, 3.63) is 0 Å². The van der Waals surface area contributed by atoms with Gasteiger partial charge in [0.1, 0.15) is 0 Å². The van der Waals surface area contributed by atoms with Crippen LogP contribution in [0.2, 0.25) is 0 Å². The van der Waals surface area contributed by atoms with E-state index < -0.39 is 0 Å². The van der Waals surface area contributed by atoms with Crippen LogP contribution in [0.4, 0.5) is 0 Å². The number of rotatable bonds is 21. The van der Waals surface area contributed by atoms with Crippen molar-refractivity contribution in [1.82, 2.24) is 5.32 Å². The number of hydrogen-bond donors (Lipinski definition) is 2. The van der Waals surface area contributed by atoms with Crippen molar-refractivity contribution >= 4 is 5.97 Å². The standard InChI is InChI=1S/C23H47NO3/c1-3-5-7-9-10-13-17-22(16-12-8-6-4-2)23(26)27-21-15-11-14-18-24-19-20-25/h22,24-25H,3-21H2,1-2H3. The van der Waals surface area contributed by atoms with E-state index in [-0.39, 0.29) is 18.5 Å². The van der Waals surface area contributed by atoms with Gasteiger partial charge in [-0.3, -0.25) is 4.79 Å². The summed E-state index contributed by atoms with van der Waals surface area (Å²) in [7, 11) is 0. The Bertz CT molecular complexity index is 310. The Morgan fingerprint density at radius 3 is 1.96 bits per heavy atom. The van der Waals surface area contributed by atoms with Gasteiger partial charge in [-0.15, -0.1) is 0 Å². The predicted octanol–water partition coefficient (Wildman–Crippen LogP) is 5.62. The first-order valence-corrected chi connectivity index (χ1v) is 11.7. The van der Waals surface area contributed by atoms with Crippen LogP contribution in [0, 0.1) is 5.92 Å². The third kappa shape index (κ3) is 18.5. The molecule has 0 aliphatic carbocycles. The highest BCUT2D eigenvalue weighted by atomic mass is 16.5. The fourth-order valence-corrected chi connectivity index (χ4v) is 3.39. The zero-order valence-corrected chi connectivity index (χ0v) is 18.3. The molecule has 0 radical (unpaired) electrons. The van der Waals surface area contributed by atoms with E-state index in [1.807, 2.05) is 0 Å². The molecule has 0 saturated heterocycles. The quantitative estimate of drug-likeness (QED) is 0.199. The number of esters is 1. The van der Waals surface area contributed by atoms with E-state index in [2.05, 4.69) is 19.2 Å². The molecule has 2 N–H and O–H groups in total. The smallest absolute Gasteiger partial charge is 0.308 e. The van der Waals surface area contributed by atoms with Gasteiger partial charge in [0.15, 0.2) is 0 Å². The minimum Gasteiger partial charge on any atom is -0.465 e. The van der Waals surface area contributed by atoms with Gasteiger partial charge in [0.25, 0.3) is 0 Å². The van der Waals surface area contributed by atoms with Crippen LogP contribution < -0.4 is 5.32 Å². The van der Waals surface area contributed by atoms with Gasteiger partial charge in [-0.25, -0.2) is 0 Å². The Morgan fingerprint density at radius 1 is 0.778 bits per heavy atom. The fourth-order valence-electron chi connectivity index (χ4n) is 3.39. The van der Waals surface area contributed by atoms with E-state index in [4.69, 9.17) is 9.84 Å². The summed E-state index contributed by atoms with van der Waals surface area (Å²) in [6, 6.07) is 0. The molecule has 0 fully saturated rings. The van der Waals surface area contributed by atoms with Crippen molar-refractivity contribution in [1.29, 1.82) is 0 Å². The van der Waals surface area contributed by atoms with Crippen molar-refractivity contribution in [2.45, 2.75) is 110 Å². The molecule has 27 heavy (non-hydrogen) atoms. The molecule has 0 saturated carbocycles. The van der Waals surface area contributed by atoms with Gasteiger partial charge in [-0.1, -0.05) is 78.1 Å². The highest BCUT2D eigenvalue weighted by Gasteiger charge is 2.19. The highest BCUT2D eigenvalue weighted by molar-refractivity contribution is 5.72. The molecule has 0 aliphatic heterocycles. The van der Waals surface area contributed by atoms with Crippen molar-refractivity contribution in [3.63, 3.8) is 0 Å². The summed E-state index contributed by atoms with van der Waals surface area (Å²) in [6.07, 6.45) is 17.6. The van der Waals surface area contributed by atoms with Gasteiger partial charge in [0.2, 0.25) is 0 Å². The Labute approximate surface area is 168 Å². The topological polar surface area (TPSA) is 58.6 Å². The van der Waals surface area contributed by atoms with E-state index in [0.29, 0.717) is 13.2 Å². The van der Waals surface area contributed by atoms with Crippen molar-refractivity contribution in [3.8, 4) is 0 Å². The normalized spacial score (nSPS) is 12.3. The molecule has 162 valence electrons. The van der Waals surface area contributed by atoms with Crippen LogP contribution in [0.1, 0.15) is 110 Å². The van der Waals surface area contributed by atoms with Gasteiger partial charge < -0.3 is 15.2 Å². The number of carbonyl (C=O) groups is 1. The average molecular weight is 386 g/mol. The minimum atomic E-state index is 0.0402. The lowest BCUT2D eigenvalue weighted by atomic mass is 9.94. The molecule has 1 atom stereocenters. The Balaban J connectivity index is 3.93. The van der Waals surface area contributed by atoms with Gasteiger partial charge in [-0.2, -0.15) is 0 Å². The van der Waals surface area contributed by atoms with E-state index in [9.17, 15) is 4.79 Å². The molecule has 0 spiro atoms. The van der Waals surface area contributed by atoms with E-state index >= 15 is 0 Å². The molecule has 0 heterocycles. The van der Waals surface area contributed by atoms with Crippen LogP contribution in [0.3, 0.4) is 0 Å². The Hall–Kier alpha value is -0.610. The third-order valence-corrected chi connectivity index (χ3v) is 5.18. The first-order chi connectivity index (χ1) is 13.3. The molecule has 1 unspecified atom stereocenters. The van der Waals surface area contributed by atoms with Crippen LogP contribution in [-0.2, 0) is 9.53 Å². The zero-order chi connectivity index (χ0) is 20.0. The second-order valence-electron chi connectivity index (χ2n) is 7.80. The first kappa shape index (κ1) is 26.4. The first-order valence-electron chi connectivity index (χ1n) is 11.7. The molecular formula is C23H47NO3. The predicted molar refractivity (Wildman–Crippen MR) is 115 cm³/mol. The van der Waals surface area contributed by atoms with Crippen LogP contribution in [0.5, 0.6) is 0 Å². The molecule has 4 heteroatoms. The SMILES string of the molecule is CCCCCCCCC(CCCCCC)C(=O)OCCCCCNCCO. The number of unbranched alkanes of at least 4 members (excludes halogenated alkanes) is 10. The molecule has 0 aromatic rings. The van der Waals surface area contributed by atoms with Gasteiger partial charge in [0, 0.05) is 6.54 Å². The van der Waals surface area contributed by atoms with Gasteiger partial charge in [-0.05, 0) is 38.6 Å². The zero-order valence-electron chi connectivity index (χ0n) is 18.3. The summed E-state index contributed by atoms with van der Waals surface area (Å²) in [5.41, 5.74) is 0. The molecule has 0 aliphatic rings. The van der Waals surface area contributed by atoms with E-state index in [1.54, 1.807) is 0 Å². The average Bonchev–Trinajstić information content (AvgIpc) is 2.68. The summed E-state index contributed by atoms with van der Waals surface area (Å²) >= 11 is 0. The minimum absolute atomic E-state index is 0.0402. The molecule has 0 bridgehead atoms. The van der Waals surface area contributed by atoms with Crippen molar-refractivity contribution < 1.29 is 14.6 Å². The molecule has 0 rings (SSSR count). The van der Waals surface area contributed by atoms with Gasteiger partial charge >= 0.3 is 5.97 Å². The molecule has 0 aromatic heterocycles. The lowest BCUT2D eigenvalue weighted by Crippen LogP contribution is -2.20. The lowest BCUT2D eigenvalue weighted by molar-refractivity contribution is -0.149. The van der Waals surface area contributed by atoms with Crippen molar-refractivity contribution in [2.75, 3.05) is 26.3 Å². The lowest BCUT2D eigenvalue weighted by Gasteiger charge is -2.16. The maximum absolute atomic E-state index is 12.5. The molecule has 4 nitrogen and oxygen atoms in total. The summed E-state index contributed by atoms with van der Waals surface area (Å²) in [5.74, 6) is 0.151. The van der Waals surface area contributed by atoms with Crippen LogP contribution >= 0.6 is 0 Å². The summed E-state index contributed by atoms with van der Waals surface area (Å²) in [5, 5.41) is 11.9. The number of aliphatic hydroxyl groups excluding tert-OH is 1. The van der Waals surface area contributed by atoms with Gasteiger partial charge in [0.05, 0.1) is 19.1 Å². The second-order valence-corrected chi connectivity index (χ2v) is 7.80. The largest absolute Gasteiger partial charge is 0.465 e. The number of nitrogens with one attached hydrogen (secondary N) is 1. The number of carbonyl (C=O) groups excluding carboxylic acids is 1. The molecule has 0 aromatic carbocycles. The maximum Gasteiger partial charge on any atom is 0.308 e. The third-order valence-electron chi connectivity index (χ3n) is 5.18. The van der Waals surface area contributed by atoms with Crippen molar-refractivity contribution in [2.24, 2.45) is 5.92 Å². The fraction of sp³-hybridized carbons (Fsp3) is 0.957. The summed E-state index contributed by atoms with van der Waals surface area (Å²) in [4.78, 5) is 12.5. The summed E-state index contributed by atoms with van der Waals surface area (Å²) in [6.45, 7) is 6.80. The second kappa shape index (κ2) is 21.7. The maximum atomic E-state index is 12.5. The number of aliphatic hydroxyl groups is 1. The Kier molecular flexibility index (Phi) is 21.2. The molecule has 0 amide bonds. The van der Waals surface area contributed by atoms with Crippen LogP contribution in [-0.4, -0.2) is 37.4 Å². The van der Waals surface area contributed by atoms with E-state index in [0.717, 1.165) is 51.5 Å². The van der Waals surface area contributed by atoms with Crippen LogP contribution in [0.15, 0.2) is 0 Å². The van der Waals surface area contributed by atoms with E-state index in [1.165, 1.54) is 51.4 Å². The number of ether oxygens (including phenoxy) is 1. The Morgan fingerprint density at radius 2 is 1.33 bits per heavy atom. The van der Waals surface area contributed by atoms with Crippen LogP contribution in [0.25, 0.3) is 0 Å². The summed E-state index contributed by atoms with van der Waals surface area (Å²) < 4.78 is 5.59. The molecular weight excluding hydrogens is 338 g/mol.